The van der Waals surface area contributed by atoms with Gasteiger partial charge in [0.15, 0.2) is 12.2 Å². The number of phosphoric ester groups is 2. The van der Waals surface area contributed by atoms with Gasteiger partial charge in [-0.15, -0.1) is 0 Å². The third-order valence-corrected chi connectivity index (χ3v) is 20.9. The van der Waals surface area contributed by atoms with Crippen molar-refractivity contribution in [2.75, 3.05) is 39.6 Å². The second-order valence-electron chi connectivity index (χ2n) is 30.1. The lowest BCUT2D eigenvalue weighted by molar-refractivity contribution is -0.161. The van der Waals surface area contributed by atoms with Crippen molar-refractivity contribution in [2.24, 2.45) is 11.8 Å². The number of carbonyl (C=O) groups is 4. The highest BCUT2D eigenvalue weighted by atomic mass is 31.2. The molecule has 3 N–H and O–H groups in total. The SMILES string of the molecule is CCCCCCCCCCCCCCCCCC(=O)O[C@H](COC(=O)CCCCCCCCCCC)COP(=O)(O)OC[C@H](O)COP(=O)(O)OC[C@@H](COC(=O)CCCCCCCCCCCCCCCCC(C)C)OC(=O)CCCCCCCCCCCCCCCCCCC(C)C. The van der Waals surface area contributed by atoms with Gasteiger partial charge in [0, 0.05) is 25.7 Å². The van der Waals surface area contributed by atoms with Gasteiger partial charge in [0.05, 0.1) is 26.4 Å². The van der Waals surface area contributed by atoms with E-state index in [1.165, 1.54) is 244 Å². The number of aliphatic hydroxyl groups excluding tert-OH is 1. The van der Waals surface area contributed by atoms with Crippen LogP contribution in [0.15, 0.2) is 0 Å². The van der Waals surface area contributed by atoms with Crippen LogP contribution >= 0.6 is 15.6 Å². The predicted molar refractivity (Wildman–Crippen MR) is 409 cm³/mol. The maximum Gasteiger partial charge on any atom is 0.472 e. The molecule has 5 atom stereocenters. The summed E-state index contributed by atoms with van der Waals surface area (Å²) in [6, 6.07) is 0. The van der Waals surface area contributed by atoms with Crippen LogP contribution in [0.3, 0.4) is 0 Å². The molecule has 0 spiro atoms. The quantitative estimate of drug-likeness (QED) is 0.0222. The van der Waals surface area contributed by atoms with Gasteiger partial charge in [-0.2, -0.15) is 0 Å². The normalized spacial score (nSPS) is 13.9. The van der Waals surface area contributed by atoms with Gasteiger partial charge in [-0.25, -0.2) is 9.13 Å². The Kier molecular flexibility index (Phi) is 71.2. The zero-order valence-corrected chi connectivity index (χ0v) is 67.3. The van der Waals surface area contributed by atoms with E-state index in [4.69, 9.17) is 37.0 Å². The van der Waals surface area contributed by atoms with Crippen molar-refractivity contribution in [3.8, 4) is 0 Å². The zero-order chi connectivity index (χ0) is 73.5. The molecule has 100 heavy (non-hydrogen) atoms. The molecule has 2 unspecified atom stereocenters. The molecule has 0 saturated heterocycles. The third kappa shape index (κ3) is 74.3. The van der Waals surface area contributed by atoms with Gasteiger partial charge < -0.3 is 33.8 Å². The summed E-state index contributed by atoms with van der Waals surface area (Å²) in [5, 5.41) is 10.6. The number of ether oxygens (including phenoxy) is 4. The molecule has 0 aromatic carbocycles. The summed E-state index contributed by atoms with van der Waals surface area (Å²) in [5.74, 6) is -0.499. The lowest BCUT2D eigenvalue weighted by Gasteiger charge is -2.21. The molecule has 594 valence electrons. The number of esters is 4. The van der Waals surface area contributed by atoms with Gasteiger partial charge in [-0.05, 0) is 37.5 Å². The maximum absolute atomic E-state index is 13.1. The molecule has 0 fully saturated rings. The standard InChI is InChI=1S/C81H158O17P2/c1-7-9-11-13-15-17-18-19-22-30-35-41-47-53-59-65-80(85)97-76(69-91-78(83)63-57-51-45-37-16-14-12-10-8-2)71-95-99(87,88)93-67-75(82)68-94-100(89,90)96-72-77(70-92-79(84)64-58-52-46-40-34-29-26-25-28-33-39-44-50-56-62-74(5)6)98-81(86)66-60-54-48-42-36-31-24-21-20-23-27-32-38-43-49-55-61-73(3)4/h73-77,82H,7-72H2,1-6H3,(H,87,88)(H,89,90)/t75-,76+,77+/m0/s1. The Morgan fingerprint density at radius 3 is 0.680 bits per heavy atom. The Labute approximate surface area is 613 Å². The van der Waals surface area contributed by atoms with Crippen LogP contribution in [0.25, 0.3) is 0 Å². The fraction of sp³-hybridized carbons (Fsp3) is 0.951. The molecule has 17 nitrogen and oxygen atoms in total. The molecule has 0 radical (unpaired) electrons. The predicted octanol–water partition coefficient (Wildman–Crippen LogP) is 24.3. The Morgan fingerprint density at radius 1 is 0.270 bits per heavy atom. The number of carbonyl (C=O) groups excluding carboxylic acids is 4. The van der Waals surface area contributed by atoms with Crippen molar-refractivity contribution in [1.82, 2.24) is 0 Å². The smallest absolute Gasteiger partial charge is 0.462 e. The van der Waals surface area contributed by atoms with Crippen LogP contribution in [-0.2, 0) is 65.4 Å². The molecule has 0 rings (SSSR count). The van der Waals surface area contributed by atoms with Crippen LogP contribution in [0.4, 0.5) is 0 Å². The summed E-state index contributed by atoms with van der Waals surface area (Å²) < 4.78 is 68.7. The van der Waals surface area contributed by atoms with Crippen molar-refractivity contribution in [2.45, 2.75) is 445 Å². The molecule has 0 aromatic rings. The first-order valence-electron chi connectivity index (χ1n) is 42.0. The summed E-state index contributed by atoms with van der Waals surface area (Å²) in [6.07, 6.45) is 62.4. The lowest BCUT2D eigenvalue weighted by Crippen LogP contribution is -2.30. The van der Waals surface area contributed by atoms with E-state index >= 15 is 0 Å². The number of hydrogen-bond acceptors (Lipinski definition) is 15. The topological polar surface area (TPSA) is 237 Å². The Hall–Kier alpha value is -1.94. The van der Waals surface area contributed by atoms with Gasteiger partial charge in [-0.3, -0.25) is 37.3 Å². The van der Waals surface area contributed by atoms with Gasteiger partial charge in [-0.1, -0.05) is 375 Å². The van der Waals surface area contributed by atoms with Crippen LogP contribution in [0.5, 0.6) is 0 Å². The zero-order valence-electron chi connectivity index (χ0n) is 65.5. The monoisotopic (exact) mass is 1470 g/mol. The van der Waals surface area contributed by atoms with Crippen LogP contribution in [0, 0.1) is 11.8 Å². The van der Waals surface area contributed by atoms with Gasteiger partial charge in [0.25, 0.3) is 0 Å². The molecule has 19 heteroatoms. The molecule has 0 bridgehead atoms. The number of phosphoric acid groups is 2. The van der Waals surface area contributed by atoms with Crippen LogP contribution in [0.1, 0.15) is 427 Å². The minimum Gasteiger partial charge on any atom is -0.462 e. The number of aliphatic hydroxyl groups is 1. The van der Waals surface area contributed by atoms with Crippen molar-refractivity contribution < 1.29 is 80.2 Å². The van der Waals surface area contributed by atoms with Gasteiger partial charge >= 0.3 is 39.5 Å². The molecule has 0 saturated carbocycles. The fourth-order valence-electron chi connectivity index (χ4n) is 12.5. The van der Waals surface area contributed by atoms with E-state index < -0.39 is 97.5 Å². The minimum atomic E-state index is -4.96. The van der Waals surface area contributed by atoms with E-state index in [-0.39, 0.29) is 25.7 Å². The molecule has 0 aliphatic heterocycles. The highest BCUT2D eigenvalue weighted by Gasteiger charge is 2.30. The molecule has 0 heterocycles. The van der Waals surface area contributed by atoms with E-state index in [0.29, 0.717) is 25.7 Å². The summed E-state index contributed by atoms with van der Waals surface area (Å²) in [5.41, 5.74) is 0. The average molecular weight is 1470 g/mol. The van der Waals surface area contributed by atoms with Crippen molar-refractivity contribution in [3.63, 3.8) is 0 Å². The van der Waals surface area contributed by atoms with Crippen molar-refractivity contribution in [3.05, 3.63) is 0 Å². The first kappa shape index (κ1) is 98.1. The molecule has 0 amide bonds. The Bertz CT molecular complexity index is 1920. The highest BCUT2D eigenvalue weighted by molar-refractivity contribution is 7.47. The van der Waals surface area contributed by atoms with E-state index in [0.717, 1.165) is 102 Å². The second kappa shape index (κ2) is 72.6. The number of unbranched alkanes of at least 4 members (excludes halogenated alkanes) is 50. The number of rotatable bonds is 80. The summed E-state index contributed by atoms with van der Waals surface area (Å²) in [6.45, 7) is 9.68. The van der Waals surface area contributed by atoms with E-state index in [1.54, 1.807) is 0 Å². The molecular weight excluding hydrogens is 1310 g/mol. The fourth-order valence-corrected chi connectivity index (χ4v) is 14.1. The van der Waals surface area contributed by atoms with E-state index in [9.17, 15) is 43.2 Å². The summed E-state index contributed by atoms with van der Waals surface area (Å²) >= 11 is 0. The van der Waals surface area contributed by atoms with Crippen LogP contribution in [-0.4, -0.2) is 96.7 Å². The molecular formula is C81H158O17P2. The Morgan fingerprint density at radius 2 is 0.460 bits per heavy atom. The average Bonchev–Trinajstić information content (AvgIpc) is 0.976. The largest absolute Gasteiger partial charge is 0.472 e. The maximum atomic E-state index is 13.1. The molecule has 0 aromatic heterocycles. The van der Waals surface area contributed by atoms with Crippen LogP contribution in [0.2, 0.25) is 0 Å². The number of hydrogen-bond donors (Lipinski definition) is 3. The second-order valence-corrected chi connectivity index (χ2v) is 33.0. The van der Waals surface area contributed by atoms with E-state index in [1.807, 2.05) is 0 Å². The molecule has 0 aliphatic carbocycles. The first-order valence-corrected chi connectivity index (χ1v) is 45.0. The minimum absolute atomic E-state index is 0.108. The summed E-state index contributed by atoms with van der Waals surface area (Å²) in [4.78, 5) is 73.0. The highest BCUT2D eigenvalue weighted by Crippen LogP contribution is 2.45. The summed E-state index contributed by atoms with van der Waals surface area (Å²) in [7, 11) is -9.92. The third-order valence-electron chi connectivity index (χ3n) is 19.0. The van der Waals surface area contributed by atoms with Gasteiger partial charge in [0.1, 0.15) is 19.3 Å². The van der Waals surface area contributed by atoms with Crippen LogP contribution < -0.4 is 0 Å². The van der Waals surface area contributed by atoms with Crippen molar-refractivity contribution in [1.29, 1.82) is 0 Å². The Balaban J connectivity index is 5.22. The van der Waals surface area contributed by atoms with Crippen molar-refractivity contribution >= 4 is 39.5 Å². The molecule has 0 aliphatic rings. The lowest BCUT2D eigenvalue weighted by atomic mass is 10.0. The first-order chi connectivity index (χ1) is 48.4. The van der Waals surface area contributed by atoms with E-state index in [2.05, 4.69) is 41.5 Å². The van der Waals surface area contributed by atoms with Gasteiger partial charge in [0.2, 0.25) is 0 Å².